The lowest BCUT2D eigenvalue weighted by Crippen LogP contribution is -2.03. The van der Waals surface area contributed by atoms with Crippen molar-refractivity contribution in [3.05, 3.63) is 90.9 Å². The van der Waals surface area contributed by atoms with Gasteiger partial charge in [0.2, 0.25) is 0 Å². The van der Waals surface area contributed by atoms with Crippen LogP contribution >= 0.6 is 11.8 Å². The Labute approximate surface area is 161 Å². The van der Waals surface area contributed by atoms with Gasteiger partial charge in [-0.2, -0.15) is 0 Å². The molecule has 3 aromatic heterocycles. The molecule has 0 saturated heterocycles. The molecule has 3 heterocycles. The Kier molecular flexibility index (Phi) is 5.40. The fraction of sp³-hybridized carbons (Fsp3) is 0.100. The number of benzene rings is 1. The van der Waals surface area contributed by atoms with Crippen molar-refractivity contribution in [1.82, 2.24) is 24.5 Å². The first-order valence-corrected chi connectivity index (χ1v) is 9.51. The molecule has 0 aliphatic carbocycles. The second-order valence-corrected chi connectivity index (χ2v) is 6.86. The second kappa shape index (κ2) is 8.46. The number of hydrogen-bond acceptors (Lipinski definition) is 6. The summed E-state index contributed by atoms with van der Waals surface area (Å²) in [5.74, 6) is 2.47. The summed E-state index contributed by atoms with van der Waals surface area (Å²) < 4.78 is 1.87. The summed E-state index contributed by atoms with van der Waals surface area (Å²) >= 11 is 1.68. The third-order valence-corrected chi connectivity index (χ3v) is 4.86. The molecule has 0 spiro atoms. The highest BCUT2D eigenvalue weighted by atomic mass is 32.2. The summed E-state index contributed by atoms with van der Waals surface area (Å²) in [6, 6.07) is 14.4. The molecule has 0 radical (unpaired) electrons. The molecule has 0 aliphatic rings. The molecular formula is C20H18N6S. The summed E-state index contributed by atoms with van der Waals surface area (Å²) in [6.45, 7) is 0.638. The predicted molar refractivity (Wildman–Crippen MR) is 107 cm³/mol. The number of hydrogen-bond donors (Lipinski definition) is 1. The zero-order chi connectivity index (χ0) is 18.3. The Morgan fingerprint density at radius 1 is 0.926 bits per heavy atom. The SMILES string of the molecule is c1ccc(CSc2cncc(NCc3ccc(-n4ccnc4)nc3)n2)cc1. The molecule has 134 valence electrons. The molecule has 0 aliphatic heterocycles. The fourth-order valence-electron chi connectivity index (χ4n) is 2.50. The Hall–Kier alpha value is -3.19. The number of pyridine rings is 1. The molecule has 0 bridgehead atoms. The van der Waals surface area contributed by atoms with E-state index in [2.05, 4.69) is 37.4 Å². The van der Waals surface area contributed by atoms with Gasteiger partial charge in [-0.15, -0.1) is 11.8 Å². The van der Waals surface area contributed by atoms with Gasteiger partial charge in [-0.1, -0.05) is 36.4 Å². The lowest BCUT2D eigenvalue weighted by Gasteiger charge is -2.08. The van der Waals surface area contributed by atoms with E-state index in [4.69, 9.17) is 0 Å². The monoisotopic (exact) mass is 374 g/mol. The molecule has 27 heavy (non-hydrogen) atoms. The largest absolute Gasteiger partial charge is 0.365 e. The zero-order valence-corrected chi connectivity index (χ0v) is 15.4. The van der Waals surface area contributed by atoms with Gasteiger partial charge in [-0.05, 0) is 17.2 Å². The predicted octanol–water partition coefficient (Wildman–Crippen LogP) is 3.96. The van der Waals surface area contributed by atoms with Gasteiger partial charge in [0.1, 0.15) is 23.0 Å². The van der Waals surface area contributed by atoms with Crippen LogP contribution in [-0.4, -0.2) is 24.5 Å². The van der Waals surface area contributed by atoms with E-state index in [1.165, 1.54) is 5.56 Å². The maximum absolute atomic E-state index is 4.62. The lowest BCUT2D eigenvalue weighted by atomic mass is 10.2. The minimum Gasteiger partial charge on any atom is -0.365 e. The van der Waals surface area contributed by atoms with Gasteiger partial charge in [0.15, 0.2) is 0 Å². The normalized spacial score (nSPS) is 10.7. The minimum atomic E-state index is 0.638. The maximum atomic E-state index is 4.62. The van der Waals surface area contributed by atoms with Crippen molar-refractivity contribution in [2.24, 2.45) is 0 Å². The van der Waals surface area contributed by atoms with Crippen molar-refractivity contribution in [3.63, 3.8) is 0 Å². The maximum Gasteiger partial charge on any atom is 0.146 e. The highest BCUT2D eigenvalue weighted by Gasteiger charge is 2.02. The van der Waals surface area contributed by atoms with E-state index < -0.39 is 0 Å². The van der Waals surface area contributed by atoms with Crippen LogP contribution in [0.15, 0.2) is 84.8 Å². The summed E-state index contributed by atoms with van der Waals surface area (Å²) in [7, 11) is 0. The number of imidazole rings is 1. The van der Waals surface area contributed by atoms with Gasteiger partial charge in [-0.25, -0.2) is 15.0 Å². The van der Waals surface area contributed by atoms with Crippen LogP contribution in [0.5, 0.6) is 0 Å². The average molecular weight is 374 g/mol. The van der Waals surface area contributed by atoms with E-state index in [1.54, 1.807) is 36.7 Å². The Balaban J connectivity index is 1.34. The molecule has 7 heteroatoms. The minimum absolute atomic E-state index is 0.638. The van der Waals surface area contributed by atoms with Crippen LogP contribution in [0.25, 0.3) is 5.82 Å². The number of anilines is 1. The number of thioether (sulfide) groups is 1. The third kappa shape index (κ3) is 4.71. The fourth-order valence-corrected chi connectivity index (χ4v) is 3.30. The molecule has 0 atom stereocenters. The van der Waals surface area contributed by atoms with Crippen LogP contribution in [0, 0.1) is 0 Å². The Morgan fingerprint density at radius 3 is 2.63 bits per heavy atom. The van der Waals surface area contributed by atoms with E-state index in [0.717, 1.165) is 28.0 Å². The molecule has 1 N–H and O–H groups in total. The zero-order valence-electron chi connectivity index (χ0n) is 14.6. The van der Waals surface area contributed by atoms with E-state index in [-0.39, 0.29) is 0 Å². The number of aromatic nitrogens is 5. The highest BCUT2D eigenvalue weighted by molar-refractivity contribution is 7.98. The summed E-state index contributed by atoms with van der Waals surface area (Å²) in [4.78, 5) is 17.4. The molecule has 6 nitrogen and oxygen atoms in total. The van der Waals surface area contributed by atoms with Crippen LogP contribution in [0.4, 0.5) is 5.82 Å². The van der Waals surface area contributed by atoms with E-state index in [0.29, 0.717) is 6.54 Å². The van der Waals surface area contributed by atoms with Gasteiger partial charge in [0.05, 0.1) is 12.4 Å². The topological polar surface area (TPSA) is 68.5 Å². The van der Waals surface area contributed by atoms with Crippen molar-refractivity contribution < 1.29 is 0 Å². The van der Waals surface area contributed by atoms with Gasteiger partial charge >= 0.3 is 0 Å². The molecule has 4 rings (SSSR count). The van der Waals surface area contributed by atoms with Gasteiger partial charge < -0.3 is 5.32 Å². The molecule has 0 fully saturated rings. The lowest BCUT2D eigenvalue weighted by molar-refractivity contribution is 0.971. The summed E-state index contributed by atoms with van der Waals surface area (Å²) in [5.41, 5.74) is 2.34. The van der Waals surface area contributed by atoms with Gasteiger partial charge in [0, 0.05) is 30.9 Å². The molecule has 0 unspecified atom stereocenters. The quantitative estimate of drug-likeness (QED) is 0.494. The molecule has 1 aromatic carbocycles. The van der Waals surface area contributed by atoms with Crippen molar-refractivity contribution in [2.75, 3.05) is 5.32 Å². The highest BCUT2D eigenvalue weighted by Crippen LogP contribution is 2.21. The van der Waals surface area contributed by atoms with E-state index >= 15 is 0 Å². The molecule has 0 saturated carbocycles. The number of rotatable bonds is 7. The van der Waals surface area contributed by atoms with Crippen molar-refractivity contribution in [2.45, 2.75) is 17.3 Å². The molecule has 4 aromatic rings. The Bertz CT molecular complexity index is 971. The van der Waals surface area contributed by atoms with Crippen molar-refractivity contribution in [3.8, 4) is 5.82 Å². The second-order valence-electron chi connectivity index (χ2n) is 5.86. The first-order valence-electron chi connectivity index (χ1n) is 8.53. The van der Waals surface area contributed by atoms with Crippen LogP contribution in [0.3, 0.4) is 0 Å². The Morgan fingerprint density at radius 2 is 1.85 bits per heavy atom. The number of nitrogens with one attached hydrogen (secondary N) is 1. The van der Waals surface area contributed by atoms with Gasteiger partial charge in [0.25, 0.3) is 0 Å². The third-order valence-electron chi connectivity index (χ3n) is 3.89. The van der Waals surface area contributed by atoms with Crippen LogP contribution in [-0.2, 0) is 12.3 Å². The van der Waals surface area contributed by atoms with Crippen LogP contribution < -0.4 is 5.32 Å². The first-order chi connectivity index (χ1) is 13.4. The molecular weight excluding hydrogens is 356 g/mol. The van der Waals surface area contributed by atoms with E-state index in [1.807, 2.05) is 47.3 Å². The smallest absolute Gasteiger partial charge is 0.146 e. The van der Waals surface area contributed by atoms with Crippen molar-refractivity contribution >= 4 is 17.6 Å². The standard InChI is InChI=1S/C20H18N6S/c1-2-4-16(5-3-1)14-27-20-13-22-12-18(25-20)23-10-17-6-7-19(24-11-17)26-9-8-21-15-26/h1-9,11-13,15H,10,14H2,(H,23,25). The van der Waals surface area contributed by atoms with E-state index in [9.17, 15) is 0 Å². The average Bonchev–Trinajstić information content (AvgIpc) is 3.27. The first kappa shape index (κ1) is 17.2. The number of nitrogens with zero attached hydrogens (tertiary/aromatic N) is 5. The van der Waals surface area contributed by atoms with Crippen LogP contribution in [0.2, 0.25) is 0 Å². The van der Waals surface area contributed by atoms with Gasteiger partial charge in [-0.3, -0.25) is 9.55 Å². The summed E-state index contributed by atoms with van der Waals surface area (Å²) in [6.07, 6.45) is 10.7. The molecule has 0 amide bonds. The summed E-state index contributed by atoms with van der Waals surface area (Å²) in [5, 5.41) is 4.21. The van der Waals surface area contributed by atoms with Crippen molar-refractivity contribution in [1.29, 1.82) is 0 Å². The van der Waals surface area contributed by atoms with Crippen LogP contribution in [0.1, 0.15) is 11.1 Å².